The predicted molar refractivity (Wildman–Crippen MR) is 71.5 cm³/mol. The summed E-state index contributed by atoms with van der Waals surface area (Å²) in [5.74, 6) is -0.0566. The minimum atomic E-state index is -0.0566. The second-order valence-corrected chi connectivity index (χ2v) is 4.17. The molecule has 0 radical (unpaired) electrons. The SMILES string of the molecule is COCCNC(=O)Cn1ccc2cc(C#N)ccc21. The number of nitrogens with one attached hydrogen (secondary N) is 1. The number of nitrogens with zero attached hydrogens (tertiary/aromatic N) is 2. The van der Waals surface area contributed by atoms with E-state index in [9.17, 15) is 4.79 Å². The van der Waals surface area contributed by atoms with E-state index in [0.717, 1.165) is 10.9 Å². The number of hydrogen-bond acceptors (Lipinski definition) is 3. The molecule has 5 heteroatoms. The van der Waals surface area contributed by atoms with Crippen molar-refractivity contribution in [2.75, 3.05) is 20.3 Å². The van der Waals surface area contributed by atoms with Crippen LogP contribution in [-0.4, -0.2) is 30.7 Å². The zero-order chi connectivity index (χ0) is 13.7. The molecule has 1 heterocycles. The van der Waals surface area contributed by atoms with Crippen LogP contribution in [-0.2, 0) is 16.1 Å². The van der Waals surface area contributed by atoms with Crippen molar-refractivity contribution in [1.82, 2.24) is 9.88 Å². The Morgan fingerprint density at radius 2 is 2.32 bits per heavy atom. The summed E-state index contributed by atoms with van der Waals surface area (Å²) in [7, 11) is 1.60. The van der Waals surface area contributed by atoms with E-state index in [1.165, 1.54) is 0 Å². The van der Waals surface area contributed by atoms with Crippen LogP contribution in [0.15, 0.2) is 30.5 Å². The average Bonchev–Trinajstić information content (AvgIpc) is 2.81. The fraction of sp³-hybridized carbons (Fsp3) is 0.286. The Balaban J connectivity index is 2.09. The van der Waals surface area contributed by atoms with Crippen LogP contribution >= 0.6 is 0 Å². The minimum Gasteiger partial charge on any atom is -0.383 e. The highest BCUT2D eigenvalue weighted by atomic mass is 16.5. The summed E-state index contributed by atoms with van der Waals surface area (Å²) in [4.78, 5) is 11.7. The molecule has 2 aromatic rings. The Morgan fingerprint density at radius 1 is 1.47 bits per heavy atom. The summed E-state index contributed by atoms with van der Waals surface area (Å²) in [6, 6.07) is 9.43. The van der Waals surface area contributed by atoms with Crippen molar-refractivity contribution in [3.8, 4) is 6.07 Å². The molecular weight excluding hydrogens is 242 g/mol. The zero-order valence-corrected chi connectivity index (χ0v) is 10.7. The van der Waals surface area contributed by atoms with Crippen LogP contribution < -0.4 is 5.32 Å². The lowest BCUT2D eigenvalue weighted by Crippen LogP contribution is -2.30. The van der Waals surface area contributed by atoms with Gasteiger partial charge < -0.3 is 14.6 Å². The van der Waals surface area contributed by atoms with E-state index in [1.54, 1.807) is 13.2 Å². The number of benzene rings is 1. The summed E-state index contributed by atoms with van der Waals surface area (Å²) in [5, 5.41) is 12.6. The van der Waals surface area contributed by atoms with E-state index in [1.807, 2.05) is 29.0 Å². The standard InChI is InChI=1S/C14H15N3O2/c1-19-7-5-16-14(18)10-17-6-4-12-8-11(9-15)2-3-13(12)17/h2-4,6,8H,5,7,10H2,1H3,(H,16,18). The van der Waals surface area contributed by atoms with Crippen LogP contribution in [0.25, 0.3) is 10.9 Å². The zero-order valence-electron chi connectivity index (χ0n) is 10.7. The molecule has 0 bridgehead atoms. The van der Waals surface area contributed by atoms with Gasteiger partial charge in [0, 0.05) is 30.8 Å². The molecule has 0 saturated carbocycles. The second kappa shape index (κ2) is 6.03. The first-order valence-corrected chi connectivity index (χ1v) is 5.99. The van der Waals surface area contributed by atoms with Crippen molar-refractivity contribution in [3.05, 3.63) is 36.0 Å². The number of amides is 1. The summed E-state index contributed by atoms with van der Waals surface area (Å²) >= 11 is 0. The van der Waals surface area contributed by atoms with Gasteiger partial charge in [-0.2, -0.15) is 5.26 Å². The van der Waals surface area contributed by atoms with Gasteiger partial charge in [0.15, 0.2) is 0 Å². The summed E-state index contributed by atoms with van der Waals surface area (Å²) in [6.07, 6.45) is 1.85. The lowest BCUT2D eigenvalue weighted by molar-refractivity contribution is -0.121. The third kappa shape index (κ3) is 3.12. The first-order chi connectivity index (χ1) is 9.24. The number of fused-ring (bicyclic) bond motifs is 1. The molecule has 0 atom stereocenters. The number of aromatic nitrogens is 1. The quantitative estimate of drug-likeness (QED) is 0.820. The van der Waals surface area contributed by atoms with E-state index in [2.05, 4.69) is 11.4 Å². The van der Waals surface area contributed by atoms with Crippen molar-refractivity contribution >= 4 is 16.8 Å². The Labute approximate surface area is 111 Å². The molecule has 0 aliphatic heterocycles. The Morgan fingerprint density at radius 3 is 3.05 bits per heavy atom. The van der Waals surface area contributed by atoms with Gasteiger partial charge in [-0.3, -0.25) is 4.79 Å². The van der Waals surface area contributed by atoms with Crippen LogP contribution in [0.1, 0.15) is 5.56 Å². The molecule has 0 aliphatic rings. The highest BCUT2D eigenvalue weighted by Crippen LogP contribution is 2.17. The van der Waals surface area contributed by atoms with Crippen molar-refractivity contribution in [2.45, 2.75) is 6.54 Å². The number of carbonyl (C=O) groups is 1. The van der Waals surface area contributed by atoms with Crippen LogP contribution in [0.2, 0.25) is 0 Å². The minimum absolute atomic E-state index is 0.0566. The average molecular weight is 257 g/mol. The van der Waals surface area contributed by atoms with Gasteiger partial charge in [-0.15, -0.1) is 0 Å². The van der Waals surface area contributed by atoms with E-state index < -0.39 is 0 Å². The molecule has 5 nitrogen and oxygen atoms in total. The van der Waals surface area contributed by atoms with Gasteiger partial charge in [-0.1, -0.05) is 0 Å². The van der Waals surface area contributed by atoms with Gasteiger partial charge in [-0.25, -0.2) is 0 Å². The van der Waals surface area contributed by atoms with Crippen molar-refractivity contribution in [2.24, 2.45) is 0 Å². The molecule has 1 N–H and O–H groups in total. The van der Waals surface area contributed by atoms with Gasteiger partial charge >= 0.3 is 0 Å². The fourth-order valence-corrected chi connectivity index (χ4v) is 1.91. The van der Waals surface area contributed by atoms with Crippen LogP contribution in [0.4, 0.5) is 0 Å². The van der Waals surface area contributed by atoms with Gasteiger partial charge in [0.05, 0.1) is 18.2 Å². The van der Waals surface area contributed by atoms with Gasteiger partial charge in [0.2, 0.25) is 5.91 Å². The fourth-order valence-electron chi connectivity index (χ4n) is 1.91. The largest absolute Gasteiger partial charge is 0.383 e. The molecular formula is C14H15N3O2. The van der Waals surface area contributed by atoms with Gasteiger partial charge in [-0.05, 0) is 24.3 Å². The monoisotopic (exact) mass is 257 g/mol. The normalized spacial score (nSPS) is 10.3. The molecule has 0 unspecified atom stereocenters. The maximum Gasteiger partial charge on any atom is 0.240 e. The number of rotatable bonds is 5. The molecule has 0 aliphatic carbocycles. The first kappa shape index (κ1) is 13.1. The summed E-state index contributed by atoms with van der Waals surface area (Å²) < 4.78 is 6.73. The smallest absolute Gasteiger partial charge is 0.240 e. The number of carbonyl (C=O) groups excluding carboxylic acids is 1. The second-order valence-electron chi connectivity index (χ2n) is 4.17. The lowest BCUT2D eigenvalue weighted by Gasteiger charge is -2.07. The molecule has 1 aromatic heterocycles. The highest BCUT2D eigenvalue weighted by Gasteiger charge is 2.06. The first-order valence-electron chi connectivity index (χ1n) is 5.99. The summed E-state index contributed by atoms with van der Waals surface area (Å²) in [6.45, 7) is 1.27. The predicted octanol–water partition coefficient (Wildman–Crippen LogP) is 1.28. The van der Waals surface area contributed by atoms with E-state index in [4.69, 9.17) is 10.00 Å². The van der Waals surface area contributed by atoms with Crippen LogP contribution in [0.3, 0.4) is 0 Å². The van der Waals surface area contributed by atoms with E-state index in [0.29, 0.717) is 18.7 Å². The molecule has 19 heavy (non-hydrogen) atoms. The molecule has 2 rings (SSSR count). The Bertz CT molecular complexity index is 625. The molecule has 0 saturated heterocycles. The lowest BCUT2D eigenvalue weighted by atomic mass is 10.2. The Hall–Kier alpha value is -2.32. The van der Waals surface area contributed by atoms with Crippen molar-refractivity contribution < 1.29 is 9.53 Å². The molecule has 0 fully saturated rings. The molecule has 0 spiro atoms. The summed E-state index contributed by atoms with van der Waals surface area (Å²) in [5.41, 5.74) is 1.57. The maximum absolute atomic E-state index is 11.7. The van der Waals surface area contributed by atoms with Gasteiger partial charge in [0.1, 0.15) is 6.54 Å². The van der Waals surface area contributed by atoms with Crippen LogP contribution in [0.5, 0.6) is 0 Å². The number of hydrogen-bond donors (Lipinski definition) is 1. The third-order valence-electron chi connectivity index (χ3n) is 2.84. The number of nitriles is 1. The molecule has 1 aromatic carbocycles. The van der Waals surface area contributed by atoms with Crippen LogP contribution in [0, 0.1) is 11.3 Å². The number of methoxy groups -OCH3 is 1. The Kier molecular flexibility index (Phi) is 4.16. The van der Waals surface area contributed by atoms with Crippen molar-refractivity contribution in [1.29, 1.82) is 5.26 Å². The van der Waals surface area contributed by atoms with Crippen molar-refractivity contribution in [3.63, 3.8) is 0 Å². The molecule has 1 amide bonds. The highest BCUT2D eigenvalue weighted by molar-refractivity contribution is 5.84. The molecule has 98 valence electrons. The van der Waals surface area contributed by atoms with Gasteiger partial charge in [0.25, 0.3) is 0 Å². The van der Waals surface area contributed by atoms with E-state index >= 15 is 0 Å². The topological polar surface area (TPSA) is 67.0 Å². The number of ether oxygens (including phenoxy) is 1. The van der Waals surface area contributed by atoms with E-state index in [-0.39, 0.29) is 12.5 Å². The maximum atomic E-state index is 11.7. The third-order valence-corrected chi connectivity index (χ3v) is 2.84.